The molecular formula is C18H20N4S. The highest BCUT2D eigenvalue weighted by molar-refractivity contribution is 7.10. The van der Waals surface area contributed by atoms with Gasteiger partial charge in [0.25, 0.3) is 0 Å². The molecule has 1 saturated heterocycles. The molecule has 0 aliphatic carbocycles. The van der Waals surface area contributed by atoms with Crippen LogP contribution in [0.5, 0.6) is 0 Å². The monoisotopic (exact) mass is 324 g/mol. The molecule has 4 rings (SSSR count). The second-order valence-electron chi connectivity index (χ2n) is 6.12. The SMILES string of the molecule is N[C@@H]1CN(Cc2cc(-n3ccnc3)cs2)C[C@H]1c1ccccc1. The van der Waals surface area contributed by atoms with Crippen molar-refractivity contribution in [3.63, 3.8) is 0 Å². The second-order valence-corrected chi connectivity index (χ2v) is 7.11. The fraction of sp³-hybridized carbons (Fsp3) is 0.278. The van der Waals surface area contributed by atoms with E-state index in [2.05, 4.69) is 51.7 Å². The molecule has 5 heteroatoms. The molecule has 0 radical (unpaired) electrons. The molecule has 1 aliphatic heterocycles. The minimum atomic E-state index is 0.213. The van der Waals surface area contributed by atoms with Gasteiger partial charge in [-0.1, -0.05) is 30.3 Å². The van der Waals surface area contributed by atoms with Gasteiger partial charge < -0.3 is 10.3 Å². The van der Waals surface area contributed by atoms with E-state index in [9.17, 15) is 0 Å². The number of nitrogens with zero attached hydrogens (tertiary/aromatic N) is 3. The van der Waals surface area contributed by atoms with Crippen molar-refractivity contribution in [1.29, 1.82) is 0 Å². The van der Waals surface area contributed by atoms with Crippen molar-refractivity contribution in [2.24, 2.45) is 5.73 Å². The van der Waals surface area contributed by atoms with Crippen molar-refractivity contribution < 1.29 is 0 Å². The van der Waals surface area contributed by atoms with E-state index < -0.39 is 0 Å². The largest absolute Gasteiger partial charge is 0.326 e. The van der Waals surface area contributed by atoms with Crippen LogP contribution in [-0.2, 0) is 6.54 Å². The van der Waals surface area contributed by atoms with Gasteiger partial charge in [0.1, 0.15) is 0 Å². The molecule has 0 amide bonds. The van der Waals surface area contributed by atoms with E-state index in [-0.39, 0.29) is 6.04 Å². The van der Waals surface area contributed by atoms with Gasteiger partial charge in [0.15, 0.2) is 0 Å². The van der Waals surface area contributed by atoms with Crippen LogP contribution in [0, 0.1) is 0 Å². The Balaban J connectivity index is 1.44. The number of nitrogens with two attached hydrogens (primary N) is 1. The molecule has 2 atom stereocenters. The molecule has 0 spiro atoms. The molecule has 0 bridgehead atoms. The van der Waals surface area contributed by atoms with E-state index in [0.717, 1.165) is 19.6 Å². The van der Waals surface area contributed by atoms with Crippen molar-refractivity contribution in [3.05, 3.63) is 70.9 Å². The summed E-state index contributed by atoms with van der Waals surface area (Å²) in [4.78, 5) is 7.94. The number of imidazole rings is 1. The maximum atomic E-state index is 6.39. The minimum absolute atomic E-state index is 0.213. The third-order valence-corrected chi connectivity index (χ3v) is 5.40. The number of rotatable bonds is 4. The number of hydrogen-bond acceptors (Lipinski definition) is 4. The lowest BCUT2D eigenvalue weighted by atomic mass is 9.95. The van der Waals surface area contributed by atoms with Gasteiger partial charge in [-0.25, -0.2) is 4.98 Å². The predicted molar refractivity (Wildman–Crippen MR) is 93.9 cm³/mol. The first-order chi connectivity index (χ1) is 11.3. The summed E-state index contributed by atoms with van der Waals surface area (Å²) in [6.07, 6.45) is 5.62. The van der Waals surface area contributed by atoms with Crippen LogP contribution in [0.1, 0.15) is 16.4 Å². The van der Waals surface area contributed by atoms with Crippen molar-refractivity contribution >= 4 is 11.3 Å². The van der Waals surface area contributed by atoms with Gasteiger partial charge in [-0.2, -0.15) is 0 Å². The van der Waals surface area contributed by atoms with Gasteiger partial charge in [-0.05, 0) is 11.6 Å². The first-order valence-corrected chi connectivity index (χ1v) is 8.76. The van der Waals surface area contributed by atoms with Crippen molar-refractivity contribution in [2.45, 2.75) is 18.5 Å². The zero-order valence-electron chi connectivity index (χ0n) is 12.9. The van der Waals surface area contributed by atoms with Crippen LogP contribution < -0.4 is 5.73 Å². The molecule has 2 N–H and O–H groups in total. The van der Waals surface area contributed by atoms with E-state index in [4.69, 9.17) is 5.73 Å². The van der Waals surface area contributed by atoms with Crippen LogP contribution in [0.4, 0.5) is 0 Å². The number of aromatic nitrogens is 2. The summed E-state index contributed by atoms with van der Waals surface area (Å²) >= 11 is 1.80. The van der Waals surface area contributed by atoms with Crippen molar-refractivity contribution in [3.8, 4) is 5.69 Å². The fourth-order valence-corrected chi connectivity index (χ4v) is 4.22. The summed E-state index contributed by atoms with van der Waals surface area (Å²) in [6.45, 7) is 2.96. The summed E-state index contributed by atoms with van der Waals surface area (Å²) in [7, 11) is 0. The lowest BCUT2D eigenvalue weighted by Gasteiger charge is -2.15. The van der Waals surface area contributed by atoms with Crippen LogP contribution in [0.25, 0.3) is 5.69 Å². The van der Waals surface area contributed by atoms with E-state index in [1.807, 2.05) is 17.1 Å². The van der Waals surface area contributed by atoms with E-state index in [1.165, 1.54) is 16.1 Å². The molecule has 0 unspecified atom stereocenters. The summed E-state index contributed by atoms with van der Waals surface area (Å²) < 4.78 is 2.04. The Kier molecular flexibility index (Phi) is 3.99. The summed E-state index contributed by atoms with van der Waals surface area (Å²) in [5.41, 5.74) is 8.93. The Morgan fingerprint density at radius 3 is 2.87 bits per heavy atom. The standard InChI is InChI=1S/C18H20N4S/c19-18-11-21(10-17(18)14-4-2-1-3-5-14)9-16-8-15(12-23-16)22-7-6-20-13-22/h1-8,12-13,17-18H,9-11,19H2/t17-,18+/m0/s1. The first kappa shape index (κ1) is 14.6. The van der Waals surface area contributed by atoms with Gasteiger partial charge in [0, 0.05) is 54.2 Å². The smallest absolute Gasteiger partial charge is 0.0991 e. The van der Waals surface area contributed by atoms with E-state index in [1.54, 1.807) is 17.5 Å². The van der Waals surface area contributed by atoms with Crippen LogP contribution in [0.2, 0.25) is 0 Å². The first-order valence-electron chi connectivity index (χ1n) is 7.88. The second kappa shape index (κ2) is 6.28. The molecule has 1 aliphatic rings. The molecule has 3 heterocycles. The Morgan fingerprint density at radius 1 is 1.22 bits per heavy atom. The Hall–Kier alpha value is -1.95. The quantitative estimate of drug-likeness (QED) is 0.803. The van der Waals surface area contributed by atoms with Crippen molar-refractivity contribution in [2.75, 3.05) is 13.1 Å². The minimum Gasteiger partial charge on any atom is -0.326 e. The van der Waals surface area contributed by atoms with Crippen LogP contribution in [0.15, 0.2) is 60.5 Å². The number of thiophene rings is 1. The molecule has 1 fully saturated rings. The zero-order chi connectivity index (χ0) is 15.6. The molecule has 2 aromatic heterocycles. The number of benzene rings is 1. The Labute approximate surface area is 140 Å². The molecule has 1 aromatic carbocycles. The third-order valence-electron chi connectivity index (χ3n) is 4.49. The van der Waals surface area contributed by atoms with Gasteiger partial charge in [-0.3, -0.25) is 4.90 Å². The maximum Gasteiger partial charge on any atom is 0.0991 e. The average Bonchev–Trinajstić information content (AvgIpc) is 3.29. The van der Waals surface area contributed by atoms with Crippen molar-refractivity contribution in [1.82, 2.24) is 14.5 Å². The third kappa shape index (κ3) is 3.08. The molecule has 0 saturated carbocycles. The zero-order valence-corrected chi connectivity index (χ0v) is 13.7. The molecule has 4 nitrogen and oxygen atoms in total. The fourth-order valence-electron chi connectivity index (χ4n) is 3.32. The van der Waals surface area contributed by atoms with E-state index >= 15 is 0 Å². The van der Waals surface area contributed by atoms with Gasteiger partial charge in [-0.15, -0.1) is 11.3 Å². The maximum absolute atomic E-state index is 6.39. The summed E-state index contributed by atoms with van der Waals surface area (Å²) in [5, 5.41) is 2.18. The molecular weight excluding hydrogens is 304 g/mol. The molecule has 23 heavy (non-hydrogen) atoms. The highest BCUT2D eigenvalue weighted by atomic mass is 32.1. The lowest BCUT2D eigenvalue weighted by Crippen LogP contribution is -2.28. The lowest BCUT2D eigenvalue weighted by molar-refractivity contribution is 0.327. The number of likely N-dealkylation sites (tertiary alicyclic amines) is 1. The average molecular weight is 324 g/mol. The molecule has 3 aromatic rings. The molecule has 118 valence electrons. The number of hydrogen-bond donors (Lipinski definition) is 1. The van der Waals surface area contributed by atoms with Gasteiger partial charge in [0.2, 0.25) is 0 Å². The predicted octanol–water partition coefficient (Wildman–Crippen LogP) is 2.86. The highest BCUT2D eigenvalue weighted by Crippen LogP contribution is 2.29. The Bertz CT molecular complexity index is 750. The van der Waals surface area contributed by atoms with Gasteiger partial charge in [0.05, 0.1) is 12.0 Å². The Morgan fingerprint density at radius 2 is 2.09 bits per heavy atom. The van der Waals surface area contributed by atoms with Crippen LogP contribution in [-0.4, -0.2) is 33.6 Å². The highest BCUT2D eigenvalue weighted by Gasteiger charge is 2.31. The van der Waals surface area contributed by atoms with E-state index in [0.29, 0.717) is 5.92 Å². The summed E-state index contributed by atoms with van der Waals surface area (Å²) in [5.74, 6) is 0.435. The van der Waals surface area contributed by atoms with Crippen LogP contribution in [0.3, 0.4) is 0 Å². The summed E-state index contributed by atoms with van der Waals surface area (Å²) in [6, 6.07) is 13.1. The topological polar surface area (TPSA) is 47.1 Å². The van der Waals surface area contributed by atoms with Gasteiger partial charge >= 0.3 is 0 Å². The van der Waals surface area contributed by atoms with Crippen LogP contribution >= 0.6 is 11.3 Å². The normalized spacial score (nSPS) is 21.8.